The number of aliphatic hydroxyl groups excluding tert-OH is 3. The molecule has 1 aliphatic carbocycles. The van der Waals surface area contributed by atoms with Gasteiger partial charge >= 0.3 is 0 Å². The first-order valence-electron chi connectivity index (χ1n) is 17.2. The van der Waals surface area contributed by atoms with Crippen LogP contribution in [0.25, 0.3) is 0 Å². The van der Waals surface area contributed by atoms with Crippen molar-refractivity contribution in [1.82, 2.24) is 0 Å². The number of aliphatic hydroxyl groups is 3. The average Bonchev–Trinajstić information content (AvgIpc) is 3.62. The lowest BCUT2D eigenvalue weighted by atomic mass is 9.81. The van der Waals surface area contributed by atoms with Gasteiger partial charge in [0.05, 0.1) is 54.9 Å². The maximum Gasteiger partial charge on any atom is 0.164 e. The van der Waals surface area contributed by atoms with E-state index in [1.165, 1.54) is 0 Å². The molecule has 0 aromatic heterocycles. The Balaban J connectivity index is 1.25. The summed E-state index contributed by atoms with van der Waals surface area (Å²) >= 11 is 0. The standard InChI is InChI=1S/C34H60O10/c1-12-23-29(16(4)14(2)20(8)38-23)42-32-18(6)25-26(21(9)39-32)34(25,11)44-33-19(7)28(37)30(24(13-35)41-33)43-31-17(5)15(3)27(36)22(10)40-31/h14-33,35-37H,12-13H2,1-11H3/t14?,15?,16?,17?,18?,19?,20-,21?,22?,23?,24?,25-,26-,27+,28-,29+,30+,31-,32-,33+,34?/m1/s1. The number of fused-ring (bicyclic) bond motifs is 1. The third kappa shape index (κ3) is 6.03. The van der Waals surface area contributed by atoms with E-state index in [-0.39, 0.29) is 66.9 Å². The molecule has 4 heterocycles. The van der Waals surface area contributed by atoms with Crippen molar-refractivity contribution in [3.05, 3.63) is 0 Å². The van der Waals surface area contributed by atoms with E-state index in [0.717, 1.165) is 6.42 Å². The Hall–Kier alpha value is -0.400. The van der Waals surface area contributed by atoms with Gasteiger partial charge in [0.25, 0.3) is 0 Å². The maximum atomic E-state index is 11.5. The van der Waals surface area contributed by atoms with Gasteiger partial charge in [-0.25, -0.2) is 0 Å². The Labute approximate surface area is 264 Å². The van der Waals surface area contributed by atoms with Crippen LogP contribution in [0.5, 0.6) is 0 Å². The molecular weight excluding hydrogens is 568 g/mol. The largest absolute Gasteiger partial charge is 0.394 e. The highest BCUT2D eigenvalue weighted by Gasteiger charge is 2.72. The van der Waals surface area contributed by atoms with E-state index in [1.807, 2.05) is 27.7 Å². The summed E-state index contributed by atoms with van der Waals surface area (Å²) in [5, 5.41) is 32.2. The van der Waals surface area contributed by atoms with Crippen molar-refractivity contribution in [2.24, 2.45) is 47.3 Å². The van der Waals surface area contributed by atoms with Crippen LogP contribution in [0.2, 0.25) is 0 Å². The van der Waals surface area contributed by atoms with Crippen LogP contribution in [0.4, 0.5) is 0 Å². The van der Waals surface area contributed by atoms with Crippen LogP contribution < -0.4 is 0 Å². The van der Waals surface area contributed by atoms with E-state index in [1.54, 1.807) is 0 Å². The minimum absolute atomic E-state index is 0.0314. The molecular formula is C34H60O10. The van der Waals surface area contributed by atoms with Gasteiger partial charge in [0.1, 0.15) is 12.2 Å². The molecule has 1 saturated carbocycles. The Morgan fingerprint density at radius 1 is 0.568 bits per heavy atom. The molecule has 5 fully saturated rings. The summed E-state index contributed by atoms with van der Waals surface area (Å²) in [4.78, 5) is 0. The summed E-state index contributed by atoms with van der Waals surface area (Å²) in [6, 6.07) is 0. The van der Waals surface area contributed by atoms with Crippen LogP contribution in [0.3, 0.4) is 0 Å². The van der Waals surface area contributed by atoms with Crippen molar-refractivity contribution in [1.29, 1.82) is 0 Å². The summed E-state index contributed by atoms with van der Waals surface area (Å²) < 4.78 is 45.0. The molecule has 44 heavy (non-hydrogen) atoms. The molecule has 21 atom stereocenters. The quantitative estimate of drug-likeness (QED) is 0.366. The zero-order chi connectivity index (χ0) is 32.4. The highest BCUT2D eigenvalue weighted by Crippen LogP contribution is 2.64. The molecule has 5 rings (SSSR count). The minimum atomic E-state index is -0.950. The lowest BCUT2D eigenvalue weighted by Crippen LogP contribution is -2.60. The molecule has 0 aromatic carbocycles. The summed E-state index contributed by atoms with van der Waals surface area (Å²) in [5.41, 5.74) is -0.536. The Morgan fingerprint density at radius 3 is 1.82 bits per heavy atom. The second-order valence-corrected chi connectivity index (χ2v) is 15.1. The first kappa shape index (κ1) is 34.9. The van der Waals surface area contributed by atoms with Crippen LogP contribution in [-0.2, 0) is 33.2 Å². The molecule has 5 aliphatic rings. The smallest absolute Gasteiger partial charge is 0.164 e. The first-order chi connectivity index (χ1) is 20.7. The predicted molar refractivity (Wildman–Crippen MR) is 162 cm³/mol. The van der Waals surface area contributed by atoms with Gasteiger partial charge in [-0.3, -0.25) is 0 Å². The fourth-order valence-corrected chi connectivity index (χ4v) is 8.77. The summed E-state index contributed by atoms with van der Waals surface area (Å²) in [6.07, 6.45) is -4.31. The number of rotatable bonds is 8. The van der Waals surface area contributed by atoms with E-state index in [2.05, 4.69) is 48.5 Å². The van der Waals surface area contributed by atoms with Gasteiger partial charge in [-0.1, -0.05) is 48.5 Å². The Bertz CT molecular complexity index is 964. The molecule has 0 aromatic rings. The lowest BCUT2D eigenvalue weighted by molar-refractivity contribution is -0.344. The van der Waals surface area contributed by atoms with E-state index >= 15 is 0 Å². The SMILES string of the molecule is CCC1O[C@H](C)C(C)C(C)[C@@H]1O[C@H]1OC(C)[C@@H]2[C@@H](C1C)C2(C)O[C@@H]1OC(CO)[C@H](O[C@H]2OC(C)[C@@H](O)C(C)C2C)[C@H](O)C1C. The normalized spacial score (nSPS) is 58.0. The zero-order valence-electron chi connectivity index (χ0n) is 28.7. The van der Waals surface area contributed by atoms with Gasteiger partial charge < -0.3 is 48.5 Å². The van der Waals surface area contributed by atoms with Crippen molar-refractivity contribution in [2.45, 2.75) is 162 Å². The zero-order valence-corrected chi connectivity index (χ0v) is 28.7. The summed E-state index contributed by atoms with van der Waals surface area (Å²) in [6.45, 7) is 22.5. The number of ether oxygens (including phenoxy) is 7. The molecule has 0 bridgehead atoms. The van der Waals surface area contributed by atoms with Crippen molar-refractivity contribution in [2.75, 3.05) is 6.61 Å². The van der Waals surface area contributed by atoms with Crippen LogP contribution in [0, 0.1) is 47.3 Å². The van der Waals surface area contributed by atoms with Crippen molar-refractivity contribution >= 4 is 0 Å². The average molecular weight is 629 g/mol. The van der Waals surface area contributed by atoms with Crippen LogP contribution in [0.1, 0.15) is 82.6 Å². The topological polar surface area (TPSA) is 125 Å². The molecule has 256 valence electrons. The van der Waals surface area contributed by atoms with Gasteiger partial charge in [-0.15, -0.1) is 0 Å². The molecule has 0 spiro atoms. The molecule has 0 radical (unpaired) electrons. The van der Waals surface area contributed by atoms with Gasteiger partial charge in [0.15, 0.2) is 18.9 Å². The van der Waals surface area contributed by atoms with E-state index in [9.17, 15) is 15.3 Å². The first-order valence-corrected chi connectivity index (χ1v) is 17.2. The number of hydrogen-bond donors (Lipinski definition) is 3. The van der Waals surface area contributed by atoms with Gasteiger partial charge in [-0.2, -0.15) is 0 Å². The fraction of sp³-hybridized carbons (Fsp3) is 1.00. The molecule has 0 amide bonds. The minimum Gasteiger partial charge on any atom is -0.394 e. The molecule has 11 unspecified atom stereocenters. The predicted octanol–water partition coefficient (Wildman–Crippen LogP) is 3.72. The van der Waals surface area contributed by atoms with E-state index < -0.39 is 54.6 Å². The molecule has 4 saturated heterocycles. The summed E-state index contributed by atoms with van der Waals surface area (Å²) in [5.74, 6) is 0.579. The second kappa shape index (κ2) is 13.2. The van der Waals surface area contributed by atoms with Gasteiger partial charge in [0, 0.05) is 29.6 Å². The van der Waals surface area contributed by atoms with Crippen molar-refractivity contribution in [3.8, 4) is 0 Å². The Kier molecular flexibility index (Phi) is 10.5. The van der Waals surface area contributed by atoms with Gasteiger partial charge in [0.2, 0.25) is 0 Å². The highest BCUT2D eigenvalue weighted by atomic mass is 16.7. The molecule has 4 aliphatic heterocycles. The van der Waals surface area contributed by atoms with Crippen molar-refractivity contribution < 1.29 is 48.5 Å². The Morgan fingerprint density at radius 2 is 1.18 bits per heavy atom. The molecule has 3 N–H and O–H groups in total. The summed E-state index contributed by atoms with van der Waals surface area (Å²) in [7, 11) is 0. The van der Waals surface area contributed by atoms with Crippen LogP contribution in [0.15, 0.2) is 0 Å². The number of hydrogen-bond acceptors (Lipinski definition) is 10. The van der Waals surface area contributed by atoms with E-state index in [4.69, 9.17) is 33.2 Å². The lowest BCUT2D eigenvalue weighted by Gasteiger charge is -2.47. The van der Waals surface area contributed by atoms with E-state index in [0.29, 0.717) is 11.8 Å². The molecule has 10 heteroatoms. The third-order valence-electron chi connectivity index (χ3n) is 12.4. The molecule has 10 nitrogen and oxygen atoms in total. The van der Waals surface area contributed by atoms with Crippen molar-refractivity contribution in [3.63, 3.8) is 0 Å². The third-order valence-corrected chi connectivity index (χ3v) is 12.4. The van der Waals surface area contributed by atoms with Crippen LogP contribution >= 0.6 is 0 Å². The monoisotopic (exact) mass is 628 g/mol. The second-order valence-electron chi connectivity index (χ2n) is 15.1. The van der Waals surface area contributed by atoms with Gasteiger partial charge in [-0.05, 0) is 51.9 Å². The van der Waals surface area contributed by atoms with Crippen LogP contribution in [-0.4, -0.2) is 101 Å². The highest BCUT2D eigenvalue weighted by molar-refractivity contribution is 5.17. The fourth-order valence-electron chi connectivity index (χ4n) is 8.77. The maximum absolute atomic E-state index is 11.5.